The predicted octanol–water partition coefficient (Wildman–Crippen LogP) is 3.24. The van der Waals surface area contributed by atoms with Crippen molar-refractivity contribution in [3.8, 4) is 0 Å². The summed E-state index contributed by atoms with van der Waals surface area (Å²) in [4.78, 5) is 15.6. The van der Waals surface area contributed by atoms with E-state index in [0.29, 0.717) is 0 Å². The number of anilines is 1. The standard InChI is InChI=1S/C14H13F2N3O/c1-9(10-5-7-17-8-6-10)18-14(20)19-13-11(15)3-2-4-12(13)16/h2-9H,1H3,(H2,18,19,20). The highest BCUT2D eigenvalue weighted by atomic mass is 19.1. The Morgan fingerprint density at radius 3 is 2.35 bits per heavy atom. The molecule has 0 fully saturated rings. The van der Waals surface area contributed by atoms with Crippen LogP contribution in [-0.2, 0) is 0 Å². The van der Waals surface area contributed by atoms with Crippen LogP contribution in [0.2, 0.25) is 0 Å². The van der Waals surface area contributed by atoms with Crippen molar-refractivity contribution >= 4 is 11.7 Å². The number of para-hydroxylation sites is 1. The maximum atomic E-state index is 13.4. The van der Waals surface area contributed by atoms with Gasteiger partial charge in [0.25, 0.3) is 0 Å². The van der Waals surface area contributed by atoms with Crippen molar-refractivity contribution < 1.29 is 13.6 Å². The number of carbonyl (C=O) groups is 1. The van der Waals surface area contributed by atoms with E-state index >= 15 is 0 Å². The number of rotatable bonds is 3. The highest BCUT2D eigenvalue weighted by Crippen LogP contribution is 2.18. The van der Waals surface area contributed by atoms with Gasteiger partial charge in [0.15, 0.2) is 0 Å². The van der Waals surface area contributed by atoms with E-state index < -0.39 is 23.4 Å². The molecule has 0 aliphatic heterocycles. The molecule has 2 rings (SSSR count). The van der Waals surface area contributed by atoms with Crippen LogP contribution in [0, 0.1) is 11.6 Å². The Hall–Kier alpha value is -2.50. The van der Waals surface area contributed by atoms with Crippen molar-refractivity contribution in [1.29, 1.82) is 0 Å². The van der Waals surface area contributed by atoms with Crippen LogP contribution >= 0.6 is 0 Å². The first kappa shape index (κ1) is 13.9. The third-order valence-electron chi connectivity index (χ3n) is 2.75. The molecule has 2 aromatic rings. The van der Waals surface area contributed by atoms with Crippen LogP contribution in [0.1, 0.15) is 18.5 Å². The molecule has 2 amide bonds. The Balaban J connectivity index is 2.03. The van der Waals surface area contributed by atoms with E-state index in [4.69, 9.17) is 0 Å². The number of benzene rings is 1. The van der Waals surface area contributed by atoms with Gasteiger partial charge >= 0.3 is 6.03 Å². The molecule has 1 atom stereocenters. The SMILES string of the molecule is CC(NC(=O)Nc1c(F)cccc1F)c1ccncc1. The fourth-order valence-electron chi connectivity index (χ4n) is 1.70. The number of pyridine rings is 1. The minimum atomic E-state index is -0.822. The lowest BCUT2D eigenvalue weighted by atomic mass is 10.1. The molecular formula is C14H13F2N3O. The van der Waals surface area contributed by atoms with Crippen LogP contribution in [0.3, 0.4) is 0 Å². The van der Waals surface area contributed by atoms with Gasteiger partial charge in [-0.25, -0.2) is 13.6 Å². The van der Waals surface area contributed by atoms with E-state index in [9.17, 15) is 13.6 Å². The minimum absolute atomic E-state index is 0.312. The zero-order valence-electron chi connectivity index (χ0n) is 10.7. The number of halogens is 2. The Morgan fingerprint density at radius 2 is 1.75 bits per heavy atom. The summed E-state index contributed by atoms with van der Waals surface area (Å²) >= 11 is 0. The van der Waals surface area contributed by atoms with E-state index in [1.54, 1.807) is 31.5 Å². The Bertz CT molecular complexity index is 584. The molecule has 0 spiro atoms. The second kappa shape index (κ2) is 6.10. The number of aromatic nitrogens is 1. The van der Waals surface area contributed by atoms with Crippen molar-refractivity contribution in [3.63, 3.8) is 0 Å². The molecule has 0 bridgehead atoms. The lowest BCUT2D eigenvalue weighted by Crippen LogP contribution is -2.31. The Kier molecular flexibility index (Phi) is 4.24. The molecule has 4 nitrogen and oxygen atoms in total. The predicted molar refractivity (Wildman–Crippen MR) is 71.2 cm³/mol. The van der Waals surface area contributed by atoms with E-state index in [1.807, 2.05) is 0 Å². The molecule has 0 saturated heterocycles. The van der Waals surface area contributed by atoms with Crippen LogP contribution in [0.5, 0.6) is 0 Å². The summed E-state index contributed by atoms with van der Waals surface area (Å²) in [6.07, 6.45) is 3.20. The number of nitrogens with one attached hydrogen (secondary N) is 2. The van der Waals surface area contributed by atoms with Gasteiger partial charge in [-0.2, -0.15) is 0 Å². The molecule has 0 radical (unpaired) electrons. The van der Waals surface area contributed by atoms with Crippen LogP contribution in [0.15, 0.2) is 42.7 Å². The zero-order chi connectivity index (χ0) is 14.5. The molecular weight excluding hydrogens is 264 g/mol. The first-order valence-electron chi connectivity index (χ1n) is 5.99. The highest BCUT2D eigenvalue weighted by molar-refractivity contribution is 5.89. The molecule has 1 aromatic heterocycles. The van der Waals surface area contributed by atoms with E-state index in [1.165, 1.54) is 6.07 Å². The van der Waals surface area contributed by atoms with Gasteiger partial charge in [-0.3, -0.25) is 4.98 Å². The van der Waals surface area contributed by atoms with Crippen molar-refractivity contribution in [3.05, 3.63) is 59.9 Å². The summed E-state index contributed by atoms with van der Waals surface area (Å²) in [5.74, 6) is -1.64. The third kappa shape index (κ3) is 3.28. The first-order valence-corrected chi connectivity index (χ1v) is 5.99. The van der Waals surface area contributed by atoms with Gasteiger partial charge in [-0.15, -0.1) is 0 Å². The van der Waals surface area contributed by atoms with Gasteiger partial charge in [0.2, 0.25) is 0 Å². The number of carbonyl (C=O) groups excluding carboxylic acids is 1. The minimum Gasteiger partial charge on any atom is -0.331 e. The average molecular weight is 277 g/mol. The number of hydrogen-bond acceptors (Lipinski definition) is 2. The first-order chi connectivity index (χ1) is 9.58. The zero-order valence-corrected chi connectivity index (χ0v) is 10.7. The quantitative estimate of drug-likeness (QED) is 0.904. The summed E-state index contributed by atoms with van der Waals surface area (Å²) in [6, 6.07) is 5.87. The van der Waals surface area contributed by atoms with Crippen molar-refractivity contribution in [2.75, 3.05) is 5.32 Å². The van der Waals surface area contributed by atoms with Gasteiger partial charge in [0.05, 0.1) is 6.04 Å². The maximum Gasteiger partial charge on any atom is 0.319 e. The lowest BCUT2D eigenvalue weighted by Gasteiger charge is -2.15. The molecule has 1 heterocycles. The summed E-state index contributed by atoms with van der Waals surface area (Å²) in [7, 11) is 0. The second-order valence-corrected chi connectivity index (χ2v) is 4.20. The molecule has 20 heavy (non-hydrogen) atoms. The number of amides is 2. The molecule has 1 unspecified atom stereocenters. The molecule has 0 aliphatic carbocycles. The topological polar surface area (TPSA) is 54.0 Å². The van der Waals surface area contributed by atoms with Crippen LogP contribution in [0.4, 0.5) is 19.3 Å². The lowest BCUT2D eigenvalue weighted by molar-refractivity contribution is 0.249. The average Bonchev–Trinajstić information content (AvgIpc) is 2.44. The maximum absolute atomic E-state index is 13.4. The number of urea groups is 1. The van der Waals surface area contributed by atoms with E-state index in [-0.39, 0.29) is 6.04 Å². The largest absolute Gasteiger partial charge is 0.331 e. The van der Waals surface area contributed by atoms with Crippen LogP contribution < -0.4 is 10.6 Å². The Morgan fingerprint density at radius 1 is 1.15 bits per heavy atom. The van der Waals surface area contributed by atoms with Gasteiger partial charge in [-0.05, 0) is 36.8 Å². The van der Waals surface area contributed by atoms with Crippen LogP contribution in [-0.4, -0.2) is 11.0 Å². The number of nitrogens with zero attached hydrogens (tertiary/aromatic N) is 1. The summed E-state index contributed by atoms with van der Waals surface area (Å²) in [5, 5.41) is 4.75. The summed E-state index contributed by atoms with van der Waals surface area (Å²) < 4.78 is 26.8. The fraction of sp³-hybridized carbons (Fsp3) is 0.143. The molecule has 0 aliphatic rings. The van der Waals surface area contributed by atoms with Gasteiger partial charge in [0, 0.05) is 12.4 Å². The monoisotopic (exact) mass is 277 g/mol. The van der Waals surface area contributed by atoms with Gasteiger partial charge < -0.3 is 10.6 Å². The molecule has 1 aromatic carbocycles. The second-order valence-electron chi connectivity index (χ2n) is 4.20. The number of hydrogen-bond donors (Lipinski definition) is 2. The smallest absolute Gasteiger partial charge is 0.319 e. The third-order valence-corrected chi connectivity index (χ3v) is 2.75. The highest BCUT2D eigenvalue weighted by Gasteiger charge is 2.14. The Labute approximate surface area is 114 Å². The summed E-state index contributed by atoms with van der Waals surface area (Å²) in [6.45, 7) is 1.76. The van der Waals surface area contributed by atoms with E-state index in [0.717, 1.165) is 17.7 Å². The molecule has 0 saturated carbocycles. The van der Waals surface area contributed by atoms with E-state index in [2.05, 4.69) is 15.6 Å². The van der Waals surface area contributed by atoms with Crippen molar-refractivity contribution in [2.45, 2.75) is 13.0 Å². The summed E-state index contributed by atoms with van der Waals surface area (Å²) in [5.41, 5.74) is 0.371. The fourth-order valence-corrected chi connectivity index (χ4v) is 1.70. The van der Waals surface area contributed by atoms with Gasteiger partial charge in [-0.1, -0.05) is 6.07 Å². The normalized spacial score (nSPS) is 11.8. The van der Waals surface area contributed by atoms with Crippen LogP contribution in [0.25, 0.3) is 0 Å². The molecule has 2 N–H and O–H groups in total. The van der Waals surface area contributed by atoms with Crippen molar-refractivity contribution in [1.82, 2.24) is 10.3 Å². The van der Waals surface area contributed by atoms with Gasteiger partial charge in [0.1, 0.15) is 17.3 Å². The molecule has 6 heteroatoms. The molecule has 104 valence electrons. The van der Waals surface area contributed by atoms with Crippen molar-refractivity contribution in [2.24, 2.45) is 0 Å².